The molecule has 0 bridgehead atoms. The van der Waals surface area contributed by atoms with Crippen LogP contribution >= 0.6 is 11.6 Å². The third-order valence-corrected chi connectivity index (χ3v) is 3.36. The van der Waals surface area contributed by atoms with Crippen molar-refractivity contribution < 1.29 is 9.84 Å². The first-order chi connectivity index (χ1) is 9.38. The number of benzene rings is 1. The van der Waals surface area contributed by atoms with Crippen LogP contribution in [0.4, 0.5) is 5.69 Å². The molecule has 0 saturated heterocycles. The largest absolute Gasteiger partial charge is 0.389 e. The van der Waals surface area contributed by atoms with Crippen molar-refractivity contribution in [1.29, 1.82) is 0 Å². The van der Waals surface area contributed by atoms with Gasteiger partial charge in [0.05, 0.1) is 29.5 Å². The number of hydrogen-bond donors (Lipinski definition) is 2. The second kappa shape index (κ2) is 8.50. The van der Waals surface area contributed by atoms with Gasteiger partial charge in [0.25, 0.3) is 0 Å². The van der Waals surface area contributed by atoms with Crippen molar-refractivity contribution in [3.63, 3.8) is 0 Å². The lowest BCUT2D eigenvalue weighted by molar-refractivity contribution is -0.00443. The highest BCUT2D eigenvalue weighted by Crippen LogP contribution is 2.22. The Bertz CT molecular complexity index is 409. The number of aliphatic hydroxyl groups excluding tert-OH is 1. The molecule has 2 unspecified atom stereocenters. The molecule has 0 aromatic heterocycles. The van der Waals surface area contributed by atoms with E-state index in [0.717, 1.165) is 17.7 Å². The summed E-state index contributed by atoms with van der Waals surface area (Å²) in [7, 11) is 0. The molecular weight excluding hydrogens is 274 g/mol. The Kier molecular flexibility index (Phi) is 7.35. The quantitative estimate of drug-likeness (QED) is 0.765. The van der Waals surface area contributed by atoms with Gasteiger partial charge in [-0.05, 0) is 43.9 Å². The van der Waals surface area contributed by atoms with E-state index in [4.69, 9.17) is 16.3 Å². The van der Waals surface area contributed by atoms with Gasteiger partial charge in [0.1, 0.15) is 0 Å². The first-order valence-electron chi connectivity index (χ1n) is 7.18. The van der Waals surface area contributed by atoms with E-state index in [1.54, 1.807) is 0 Å². The highest BCUT2D eigenvalue weighted by atomic mass is 35.5. The third kappa shape index (κ3) is 6.60. The van der Waals surface area contributed by atoms with Gasteiger partial charge in [-0.15, -0.1) is 0 Å². The van der Waals surface area contributed by atoms with Crippen LogP contribution in [0.5, 0.6) is 0 Å². The Morgan fingerprint density at radius 2 is 2.00 bits per heavy atom. The molecule has 114 valence electrons. The predicted octanol–water partition coefficient (Wildman–Crippen LogP) is 3.87. The number of halogens is 1. The maximum absolute atomic E-state index is 9.92. The van der Waals surface area contributed by atoms with Gasteiger partial charge >= 0.3 is 0 Å². The fraction of sp³-hybridized carbons (Fsp3) is 0.625. The number of nitrogens with one attached hydrogen (secondary N) is 1. The van der Waals surface area contributed by atoms with Crippen molar-refractivity contribution in [3.8, 4) is 0 Å². The summed E-state index contributed by atoms with van der Waals surface area (Å²) in [6.45, 7) is 9.14. The standard InChI is InChI=1S/C16H26ClNO2/c1-11(2)7-13(4)20-10-14(19)9-18-16-8-12(3)5-6-15(16)17/h5-6,8,11,13-14,18-19H,7,9-10H2,1-4H3. The summed E-state index contributed by atoms with van der Waals surface area (Å²) < 4.78 is 5.63. The van der Waals surface area contributed by atoms with E-state index in [2.05, 4.69) is 19.2 Å². The molecule has 0 aliphatic rings. The zero-order chi connectivity index (χ0) is 15.1. The number of aryl methyl sites for hydroxylation is 1. The summed E-state index contributed by atoms with van der Waals surface area (Å²) in [5.74, 6) is 0.603. The highest BCUT2D eigenvalue weighted by molar-refractivity contribution is 6.33. The minimum Gasteiger partial charge on any atom is -0.389 e. The van der Waals surface area contributed by atoms with E-state index < -0.39 is 6.10 Å². The van der Waals surface area contributed by atoms with Gasteiger partial charge in [0, 0.05) is 6.54 Å². The molecule has 4 heteroatoms. The monoisotopic (exact) mass is 299 g/mol. The molecule has 0 amide bonds. The van der Waals surface area contributed by atoms with Crippen LogP contribution in [-0.2, 0) is 4.74 Å². The van der Waals surface area contributed by atoms with Crippen LogP contribution in [0, 0.1) is 12.8 Å². The lowest BCUT2D eigenvalue weighted by atomic mass is 10.1. The molecule has 2 atom stereocenters. The number of ether oxygens (including phenoxy) is 1. The van der Waals surface area contributed by atoms with E-state index in [9.17, 15) is 5.11 Å². The maximum atomic E-state index is 9.92. The van der Waals surface area contributed by atoms with Crippen molar-refractivity contribution in [2.75, 3.05) is 18.5 Å². The minimum atomic E-state index is -0.541. The van der Waals surface area contributed by atoms with Crippen LogP contribution in [0.25, 0.3) is 0 Å². The Morgan fingerprint density at radius 1 is 1.30 bits per heavy atom. The first-order valence-corrected chi connectivity index (χ1v) is 7.56. The second-order valence-electron chi connectivity index (χ2n) is 5.79. The van der Waals surface area contributed by atoms with E-state index in [1.807, 2.05) is 32.0 Å². The fourth-order valence-electron chi connectivity index (χ4n) is 2.07. The number of rotatable bonds is 8. The van der Waals surface area contributed by atoms with Crippen molar-refractivity contribution >= 4 is 17.3 Å². The normalized spacial score (nSPS) is 14.3. The molecule has 1 rings (SSSR count). The van der Waals surface area contributed by atoms with Crippen LogP contribution in [0.15, 0.2) is 18.2 Å². The van der Waals surface area contributed by atoms with Crippen molar-refractivity contribution in [2.24, 2.45) is 5.92 Å². The summed E-state index contributed by atoms with van der Waals surface area (Å²) >= 11 is 6.09. The highest BCUT2D eigenvalue weighted by Gasteiger charge is 2.10. The van der Waals surface area contributed by atoms with Gasteiger partial charge in [0.15, 0.2) is 0 Å². The van der Waals surface area contributed by atoms with Crippen LogP contribution < -0.4 is 5.32 Å². The van der Waals surface area contributed by atoms with Crippen molar-refractivity contribution in [3.05, 3.63) is 28.8 Å². The second-order valence-corrected chi connectivity index (χ2v) is 6.20. The Morgan fingerprint density at radius 3 is 2.65 bits per heavy atom. The lowest BCUT2D eigenvalue weighted by Crippen LogP contribution is -2.27. The maximum Gasteiger partial charge on any atom is 0.0945 e. The zero-order valence-electron chi connectivity index (χ0n) is 12.8. The van der Waals surface area contributed by atoms with E-state index in [-0.39, 0.29) is 6.10 Å². The van der Waals surface area contributed by atoms with Gasteiger partial charge < -0.3 is 15.2 Å². The molecule has 0 saturated carbocycles. The Hall–Kier alpha value is -0.770. The van der Waals surface area contributed by atoms with Crippen molar-refractivity contribution in [1.82, 2.24) is 0 Å². The molecule has 2 N–H and O–H groups in total. The summed E-state index contributed by atoms with van der Waals surface area (Å²) in [5, 5.41) is 13.7. The Balaban J connectivity index is 2.32. The van der Waals surface area contributed by atoms with Crippen LogP contribution in [0.3, 0.4) is 0 Å². The number of hydrogen-bond acceptors (Lipinski definition) is 3. The summed E-state index contributed by atoms with van der Waals surface area (Å²) in [6, 6.07) is 5.78. The topological polar surface area (TPSA) is 41.5 Å². The van der Waals surface area contributed by atoms with Crippen molar-refractivity contribution in [2.45, 2.75) is 46.3 Å². The molecular formula is C16H26ClNO2. The summed E-state index contributed by atoms with van der Waals surface area (Å²) in [5.41, 5.74) is 1.98. The van der Waals surface area contributed by atoms with E-state index in [0.29, 0.717) is 24.1 Å². The average Bonchev–Trinajstić information content (AvgIpc) is 2.36. The lowest BCUT2D eigenvalue weighted by Gasteiger charge is -2.19. The molecule has 20 heavy (non-hydrogen) atoms. The van der Waals surface area contributed by atoms with Gasteiger partial charge in [-0.1, -0.05) is 31.5 Å². The third-order valence-electron chi connectivity index (χ3n) is 3.03. The molecule has 1 aromatic carbocycles. The van der Waals surface area contributed by atoms with Gasteiger partial charge in [-0.2, -0.15) is 0 Å². The van der Waals surface area contributed by atoms with Gasteiger partial charge in [-0.3, -0.25) is 0 Å². The molecule has 0 fully saturated rings. The first kappa shape index (κ1) is 17.3. The summed E-state index contributed by atoms with van der Waals surface area (Å²) in [4.78, 5) is 0. The molecule has 3 nitrogen and oxygen atoms in total. The van der Waals surface area contributed by atoms with E-state index in [1.165, 1.54) is 0 Å². The van der Waals surface area contributed by atoms with Crippen LogP contribution in [0.2, 0.25) is 5.02 Å². The van der Waals surface area contributed by atoms with Gasteiger partial charge in [-0.25, -0.2) is 0 Å². The number of aliphatic hydroxyl groups is 1. The molecule has 0 heterocycles. The van der Waals surface area contributed by atoms with Gasteiger partial charge in [0.2, 0.25) is 0 Å². The molecule has 0 aliphatic carbocycles. The zero-order valence-corrected chi connectivity index (χ0v) is 13.6. The SMILES string of the molecule is Cc1ccc(Cl)c(NCC(O)COC(C)CC(C)C)c1. The molecule has 0 aliphatic heterocycles. The predicted molar refractivity (Wildman–Crippen MR) is 85.6 cm³/mol. The summed E-state index contributed by atoms with van der Waals surface area (Å²) in [6.07, 6.45) is 0.637. The molecule has 0 spiro atoms. The molecule has 0 radical (unpaired) electrons. The minimum absolute atomic E-state index is 0.173. The average molecular weight is 300 g/mol. The molecule has 1 aromatic rings. The Labute approximate surface area is 127 Å². The van der Waals surface area contributed by atoms with E-state index >= 15 is 0 Å². The fourth-order valence-corrected chi connectivity index (χ4v) is 2.25. The smallest absolute Gasteiger partial charge is 0.0945 e. The van der Waals surface area contributed by atoms with Crippen LogP contribution in [-0.4, -0.2) is 30.5 Å². The number of anilines is 1. The van der Waals surface area contributed by atoms with Crippen LogP contribution in [0.1, 0.15) is 32.8 Å².